The summed E-state index contributed by atoms with van der Waals surface area (Å²) in [6, 6.07) is 7.72. The van der Waals surface area contributed by atoms with Crippen molar-refractivity contribution in [2.45, 2.75) is 71.5 Å². The highest BCUT2D eigenvalue weighted by atomic mass is 16.6. The van der Waals surface area contributed by atoms with Crippen molar-refractivity contribution < 1.29 is 19.0 Å². The minimum Gasteiger partial charge on any atom is -0.486 e. The van der Waals surface area contributed by atoms with Crippen molar-refractivity contribution in [2.75, 3.05) is 23.3 Å². The molecule has 1 unspecified atom stereocenters. The van der Waals surface area contributed by atoms with Crippen molar-refractivity contribution in [2.24, 2.45) is 10.9 Å². The SMILES string of the molecule is C=C/C(=C\C=NC=N)Oc1ccc(Nc2ncnc3cc4c(nc23)N(CCCCCC(=O)OC(C)(C)C)C[C@@H]2CC2O4)cc1C. The van der Waals surface area contributed by atoms with Crippen LogP contribution in [0, 0.1) is 18.3 Å². The molecule has 1 aromatic carbocycles. The molecular weight excluding hydrogens is 570 g/mol. The maximum absolute atomic E-state index is 12.1. The zero-order valence-electron chi connectivity index (χ0n) is 26.4. The van der Waals surface area contributed by atoms with Crippen LogP contribution in [0.15, 0.2) is 60.1 Å². The number of ether oxygens (including phenoxy) is 3. The van der Waals surface area contributed by atoms with Gasteiger partial charge in [-0.25, -0.2) is 19.9 Å². The van der Waals surface area contributed by atoms with Gasteiger partial charge in [0.2, 0.25) is 0 Å². The summed E-state index contributed by atoms with van der Waals surface area (Å²) in [5.74, 6) is 3.67. The fourth-order valence-electron chi connectivity index (χ4n) is 5.20. The summed E-state index contributed by atoms with van der Waals surface area (Å²) >= 11 is 0. The van der Waals surface area contributed by atoms with Crippen LogP contribution in [0.5, 0.6) is 11.5 Å². The Labute approximate surface area is 263 Å². The van der Waals surface area contributed by atoms with E-state index in [9.17, 15) is 4.79 Å². The third-order valence-corrected chi connectivity index (χ3v) is 7.44. The van der Waals surface area contributed by atoms with Crippen molar-refractivity contribution >= 4 is 46.9 Å². The van der Waals surface area contributed by atoms with E-state index in [1.807, 2.05) is 52.0 Å². The van der Waals surface area contributed by atoms with Gasteiger partial charge in [0.15, 0.2) is 17.4 Å². The highest BCUT2D eigenvalue weighted by molar-refractivity contribution is 5.90. The van der Waals surface area contributed by atoms with Gasteiger partial charge >= 0.3 is 5.97 Å². The summed E-state index contributed by atoms with van der Waals surface area (Å²) < 4.78 is 17.7. The molecule has 0 radical (unpaired) electrons. The van der Waals surface area contributed by atoms with Crippen molar-refractivity contribution in [3.05, 3.63) is 60.6 Å². The second kappa shape index (κ2) is 13.9. The first-order valence-corrected chi connectivity index (χ1v) is 15.3. The van der Waals surface area contributed by atoms with Crippen molar-refractivity contribution in [3.63, 3.8) is 0 Å². The normalized spacial score (nSPS) is 17.6. The number of rotatable bonds is 13. The molecule has 0 bridgehead atoms. The molecule has 1 saturated carbocycles. The van der Waals surface area contributed by atoms with E-state index in [-0.39, 0.29) is 12.1 Å². The Bertz CT molecular complexity index is 1630. The average molecular weight is 612 g/mol. The number of aromatic nitrogens is 3. The molecule has 5 rings (SSSR count). The number of fused-ring (bicyclic) bond motifs is 3. The average Bonchev–Trinajstić information content (AvgIpc) is 3.74. The molecule has 3 heterocycles. The van der Waals surface area contributed by atoms with E-state index in [2.05, 4.69) is 31.8 Å². The zero-order valence-corrected chi connectivity index (χ0v) is 26.4. The van der Waals surface area contributed by atoms with E-state index in [0.717, 1.165) is 67.9 Å². The Kier molecular flexibility index (Phi) is 9.75. The fraction of sp³-hybridized carbons (Fsp3) is 0.412. The summed E-state index contributed by atoms with van der Waals surface area (Å²) in [5, 5.41) is 10.4. The van der Waals surface area contributed by atoms with Gasteiger partial charge in [0, 0.05) is 43.4 Å². The van der Waals surface area contributed by atoms with Gasteiger partial charge in [0.25, 0.3) is 0 Å². The molecule has 11 nitrogen and oxygen atoms in total. The lowest BCUT2D eigenvalue weighted by atomic mass is 10.1. The number of benzene rings is 1. The number of aliphatic imine (C=N–C) groups is 1. The highest BCUT2D eigenvalue weighted by Gasteiger charge is 2.44. The monoisotopic (exact) mass is 611 g/mol. The molecule has 2 aliphatic rings. The van der Waals surface area contributed by atoms with Gasteiger partial charge in [-0.1, -0.05) is 13.0 Å². The summed E-state index contributed by atoms with van der Waals surface area (Å²) in [6.07, 6.45) is 11.5. The van der Waals surface area contributed by atoms with E-state index in [1.54, 1.807) is 12.2 Å². The largest absolute Gasteiger partial charge is 0.486 e. The summed E-state index contributed by atoms with van der Waals surface area (Å²) in [6.45, 7) is 13.1. The van der Waals surface area contributed by atoms with E-state index in [1.165, 1.54) is 12.5 Å². The maximum atomic E-state index is 12.1. The molecule has 0 amide bonds. The van der Waals surface area contributed by atoms with Crippen LogP contribution in [0.4, 0.5) is 17.3 Å². The number of unbranched alkanes of at least 4 members (excludes halogenated alkanes) is 2. The molecule has 2 aromatic heterocycles. The number of carbonyl (C=O) groups is 1. The lowest BCUT2D eigenvalue weighted by Crippen LogP contribution is -2.27. The lowest BCUT2D eigenvalue weighted by molar-refractivity contribution is -0.154. The Morgan fingerprint density at radius 1 is 1.24 bits per heavy atom. The Hall–Kier alpha value is -4.80. The third kappa shape index (κ3) is 8.43. The van der Waals surface area contributed by atoms with Crippen LogP contribution in [-0.4, -0.2) is 58.3 Å². The zero-order chi connectivity index (χ0) is 32.0. The Morgan fingerprint density at radius 2 is 2.09 bits per heavy atom. The van der Waals surface area contributed by atoms with Gasteiger partial charge in [-0.3, -0.25) is 10.2 Å². The van der Waals surface area contributed by atoms with Crippen molar-refractivity contribution in [1.29, 1.82) is 5.41 Å². The minimum atomic E-state index is -0.457. The van der Waals surface area contributed by atoms with E-state index in [4.69, 9.17) is 24.6 Å². The number of hydrogen-bond acceptors (Lipinski definition) is 10. The molecule has 0 saturated heterocycles. The number of aryl methyl sites for hydroxylation is 1. The molecule has 11 heteroatoms. The van der Waals surface area contributed by atoms with Gasteiger partial charge in [-0.15, -0.1) is 0 Å². The number of allylic oxidation sites excluding steroid dienone is 2. The van der Waals surface area contributed by atoms with Crippen LogP contribution < -0.4 is 19.7 Å². The third-order valence-electron chi connectivity index (χ3n) is 7.44. The van der Waals surface area contributed by atoms with Gasteiger partial charge in [-0.05, 0) is 82.9 Å². The van der Waals surface area contributed by atoms with Crippen LogP contribution in [0.2, 0.25) is 0 Å². The summed E-state index contributed by atoms with van der Waals surface area (Å²) in [4.78, 5) is 32.3. The van der Waals surface area contributed by atoms with E-state index < -0.39 is 5.60 Å². The second-order valence-corrected chi connectivity index (χ2v) is 12.3. The van der Waals surface area contributed by atoms with Crippen LogP contribution in [0.3, 0.4) is 0 Å². The topological polar surface area (TPSA) is 135 Å². The first-order valence-electron chi connectivity index (χ1n) is 15.3. The number of hydrogen-bond donors (Lipinski definition) is 2. The second-order valence-electron chi connectivity index (χ2n) is 12.3. The first kappa shape index (κ1) is 31.6. The molecule has 1 fully saturated rings. The molecule has 236 valence electrons. The number of anilines is 3. The first-order chi connectivity index (χ1) is 21.6. The predicted molar refractivity (Wildman–Crippen MR) is 177 cm³/mol. The van der Waals surface area contributed by atoms with Crippen LogP contribution in [0.25, 0.3) is 11.0 Å². The quantitative estimate of drug-likeness (QED) is 0.0541. The molecular formula is C34H41N7O4. The molecule has 0 spiro atoms. The number of nitrogens with one attached hydrogen (secondary N) is 2. The molecule has 45 heavy (non-hydrogen) atoms. The predicted octanol–water partition coefficient (Wildman–Crippen LogP) is 6.69. The van der Waals surface area contributed by atoms with Gasteiger partial charge < -0.3 is 24.4 Å². The fourth-order valence-corrected chi connectivity index (χ4v) is 5.20. The van der Waals surface area contributed by atoms with Crippen LogP contribution in [0.1, 0.15) is 58.4 Å². The van der Waals surface area contributed by atoms with Gasteiger partial charge in [0.1, 0.15) is 41.4 Å². The lowest BCUT2D eigenvalue weighted by Gasteiger charge is -2.24. The number of carbonyl (C=O) groups excluding carboxylic acids is 1. The molecule has 1 aliphatic carbocycles. The van der Waals surface area contributed by atoms with E-state index in [0.29, 0.717) is 40.7 Å². The maximum Gasteiger partial charge on any atom is 0.306 e. The Morgan fingerprint density at radius 3 is 2.84 bits per heavy atom. The number of nitrogens with zero attached hydrogens (tertiary/aromatic N) is 5. The molecule has 2 atom stereocenters. The van der Waals surface area contributed by atoms with Crippen molar-refractivity contribution in [1.82, 2.24) is 15.0 Å². The molecule has 2 N–H and O–H groups in total. The summed E-state index contributed by atoms with van der Waals surface area (Å²) in [5.41, 5.74) is 2.63. The van der Waals surface area contributed by atoms with Crippen molar-refractivity contribution in [3.8, 4) is 11.5 Å². The van der Waals surface area contributed by atoms with Gasteiger partial charge in [0.05, 0.1) is 5.52 Å². The minimum absolute atomic E-state index is 0.147. The number of pyridine rings is 1. The smallest absolute Gasteiger partial charge is 0.306 e. The standard InChI is InChI=1S/C34H41N7O4/c1-6-25(13-14-36-20-35)43-27-12-11-24(16-22(27)2)39-32-31-26(37-21-38-32)18-29-33(40-31)41(19-23-17-28(23)44-29)15-9-7-8-10-30(42)45-34(3,4)5/h6,11-14,16,18,20-21,23,28,35H,1,7-10,15,17,19H2,2-5H3,(H,37,38,39)/b25-13+,35-20?,36-14?/t23-,28?/m0/s1. The van der Waals surface area contributed by atoms with Gasteiger partial charge in [-0.2, -0.15) is 0 Å². The van der Waals surface area contributed by atoms with Crippen LogP contribution >= 0.6 is 0 Å². The van der Waals surface area contributed by atoms with E-state index >= 15 is 0 Å². The Balaban J connectivity index is 1.31. The molecule has 1 aliphatic heterocycles. The molecule has 3 aromatic rings. The van der Waals surface area contributed by atoms with Crippen LogP contribution in [-0.2, 0) is 9.53 Å². The summed E-state index contributed by atoms with van der Waals surface area (Å²) in [7, 11) is 0. The number of esters is 1. The highest BCUT2D eigenvalue weighted by Crippen LogP contribution is 2.44.